The van der Waals surface area contributed by atoms with Gasteiger partial charge in [-0.05, 0) is 31.1 Å². The molecule has 2 heteroatoms. The molecule has 0 heterocycles. The molecule has 0 saturated carbocycles. The van der Waals surface area contributed by atoms with Crippen molar-refractivity contribution in [3.8, 4) is 0 Å². The molecule has 0 fully saturated rings. The maximum absolute atomic E-state index is 12.7. The highest BCUT2D eigenvalue weighted by Crippen LogP contribution is 2.21. The van der Waals surface area contributed by atoms with E-state index in [0.29, 0.717) is 6.61 Å². The Kier molecular flexibility index (Phi) is 24.2. The van der Waals surface area contributed by atoms with Crippen LogP contribution in [0.15, 0.2) is 0 Å². The summed E-state index contributed by atoms with van der Waals surface area (Å²) in [6.45, 7) is 12.1. The average molecular weight is 467 g/mol. The van der Waals surface area contributed by atoms with Gasteiger partial charge in [-0.2, -0.15) is 0 Å². The first-order valence-electron chi connectivity index (χ1n) is 15.1. The summed E-state index contributed by atoms with van der Waals surface area (Å²) >= 11 is 0. The second kappa shape index (κ2) is 24.6. The molecular weight excluding hydrogens is 404 g/mol. The van der Waals surface area contributed by atoms with E-state index in [-0.39, 0.29) is 11.9 Å². The van der Waals surface area contributed by atoms with Crippen LogP contribution in [0.3, 0.4) is 0 Å². The Hall–Kier alpha value is -0.530. The minimum Gasteiger partial charge on any atom is -0.465 e. The van der Waals surface area contributed by atoms with E-state index in [2.05, 4.69) is 34.6 Å². The molecule has 0 saturated heterocycles. The van der Waals surface area contributed by atoms with Gasteiger partial charge in [0.15, 0.2) is 0 Å². The molecule has 0 aromatic carbocycles. The first-order valence-corrected chi connectivity index (χ1v) is 15.1. The third kappa shape index (κ3) is 24.4. The minimum absolute atomic E-state index is 0.0952. The van der Waals surface area contributed by atoms with E-state index >= 15 is 0 Å². The Bertz CT molecular complexity index is 402. The standard InChI is InChI=1S/C31H62O2/c1-6-7-8-13-20-25-30(26-21-16-15-19-24-29(4)5)31(32)33-27-22-17-12-10-9-11-14-18-23-28(2)3/h28-30H,6-27H2,1-5H3. The number of rotatable bonds is 25. The van der Waals surface area contributed by atoms with Crippen molar-refractivity contribution in [2.24, 2.45) is 17.8 Å². The first kappa shape index (κ1) is 32.5. The van der Waals surface area contributed by atoms with Crippen molar-refractivity contribution in [3.63, 3.8) is 0 Å². The van der Waals surface area contributed by atoms with Crippen LogP contribution in [0, 0.1) is 17.8 Å². The highest BCUT2D eigenvalue weighted by Gasteiger charge is 2.19. The SMILES string of the molecule is CCCCCCCC(CCCCCCC(C)C)C(=O)OCCCCCCCCCCC(C)C. The molecule has 0 N–H and O–H groups in total. The van der Waals surface area contributed by atoms with Gasteiger partial charge in [0.1, 0.15) is 0 Å². The highest BCUT2D eigenvalue weighted by atomic mass is 16.5. The van der Waals surface area contributed by atoms with Crippen LogP contribution in [-0.2, 0) is 9.53 Å². The number of carbonyl (C=O) groups excluding carboxylic acids is 1. The van der Waals surface area contributed by atoms with E-state index in [9.17, 15) is 4.79 Å². The topological polar surface area (TPSA) is 26.3 Å². The van der Waals surface area contributed by atoms with Crippen molar-refractivity contribution >= 4 is 5.97 Å². The fourth-order valence-electron chi connectivity index (χ4n) is 4.68. The Morgan fingerprint density at radius 3 is 1.30 bits per heavy atom. The molecule has 0 amide bonds. The lowest BCUT2D eigenvalue weighted by atomic mass is 9.94. The van der Waals surface area contributed by atoms with Crippen LogP contribution in [0.25, 0.3) is 0 Å². The van der Waals surface area contributed by atoms with Crippen LogP contribution in [0.1, 0.15) is 169 Å². The zero-order valence-corrected chi connectivity index (χ0v) is 23.6. The molecule has 0 rings (SSSR count). The highest BCUT2D eigenvalue weighted by molar-refractivity contribution is 5.72. The summed E-state index contributed by atoms with van der Waals surface area (Å²) in [6, 6.07) is 0. The molecule has 0 aliphatic rings. The van der Waals surface area contributed by atoms with Gasteiger partial charge >= 0.3 is 5.97 Å². The van der Waals surface area contributed by atoms with Crippen molar-refractivity contribution in [3.05, 3.63) is 0 Å². The van der Waals surface area contributed by atoms with Crippen molar-refractivity contribution < 1.29 is 9.53 Å². The van der Waals surface area contributed by atoms with Crippen molar-refractivity contribution in [2.75, 3.05) is 6.61 Å². The fourth-order valence-corrected chi connectivity index (χ4v) is 4.68. The molecule has 0 aromatic rings. The number of hydrogen-bond donors (Lipinski definition) is 0. The molecule has 1 unspecified atom stereocenters. The monoisotopic (exact) mass is 466 g/mol. The van der Waals surface area contributed by atoms with Crippen LogP contribution in [0.5, 0.6) is 0 Å². The summed E-state index contributed by atoms with van der Waals surface area (Å²) < 4.78 is 5.74. The van der Waals surface area contributed by atoms with E-state index in [1.807, 2.05) is 0 Å². The molecule has 0 radical (unpaired) electrons. The minimum atomic E-state index is 0.0952. The van der Waals surface area contributed by atoms with Crippen LogP contribution in [0.4, 0.5) is 0 Å². The van der Waals surface area contributed by atoms with E-state index < -0.39 is 0 Å². The number of ether oxygens (including phenoxy) is 1. The second-order valence-corrected chi connectivity index (χ2v) is 11.5. The predicted octanol–water partition coefficient (Wildman–Crippen LogP) is 10.7. The number of carbonyl (C=O) groups is 1. The Labute approximate surface area is 209 Å². The van der Waals surface area contributed by atoms with Crippen LogP contribution in [-0.4, -0.2) is 12.6 Å². The van der Waals surface area contributed by atoms with Gasteiger partial charge in [0.05, 0.1) is 12.5 Å². The molecular formula is C31H62O2. The third-order valence-corrected chi connectivity index (χ3v) is 6.99. The third-order valence-electron chi connectivity index (χ3n) is 6.99. The van der Waals surface area contributed by atoms with Gasteiger partial charge in [-0.15, -0.1) is 0 Å². The largest absolute Gasteiger partial charge is 0.465 e. The Balaban J connectivity index is 3.92. The lowest BCUT2D eigenvalue weighted by Gasteiger charge is -2.16. The average Bonchev–Trinajstić information content (AvgIpc) is 2.77. The van der Waals surface area contributed by atoms with Gasteiger partial charge in [0.25, 0.3) is 0 Å². The van der Waals surface area contributed by atoms with Gasteiger partial charge in [0, 0.05) is 0 Å². The van der Waals surface area contributed by atoms with E-state index in [1.165, 1.54) is 116 Å². The Morgan fingerprint density at radius 1 is 0.515 bits per heavy atom. The van der Waals surface area contributed by atoms with Gasteiger partial charge in [-0.1, -0.05) is 150 Å². The summed E-state index contributed by atoms with van der Waals surface area (Å²) in [5.41, 5.74) is 0. The summed E-state index contributed by atoms with van der Waals surface area (Å²) in [5, 5.41) is 0. The van der Waals surface area contributed by atoms with E-state index in [4.69, 9.17) is 4.74 Å². The van der Waals surface area contributed by atoms with Crippen LogP contribution < -0.4 is 0 Å². The number of hydrogen-bond acceptors (Lipinski definition) is 2. The number of unbranched alkanes of at least 4 members (excludes halogenated alkanes) is 14. The quantitative estimate of drug-likeness (QED) is 0.0987. The maximum atomic E-state index is 12.7. The van der Waals surface area contributed by atoms with Crippen LogP contribution in [0.2, 0.25) is 0 Å². The van der Waals surface area contributed by atoms with Crippen LogP contribution >= 0.6 is 0 Å². The lowest BCUT2D eigenvalue weighted by Crippen LogP contribution is -2.18. The molecule has 33 heavy (non-hydrogen) atoms. The maximum Gasteiger partial charge on any atom is 0.308 e. The normalized spacial score (nSPS) is 12.6. The summed E-state index contributed by atoms with van der Waals surface area (Å²) in [4.78, 5) is 12.7. The van der Waals surface area contributed by atoms with Gasteiger partial charge in [-0.3, -0.25) is 4.79 Å². The zero-order valence-electron chi connectivity index (χ0n) is 23.6. The second-order valence-electron chi connectivity index (χ2n) is 11.5. The Morgan fingerprint density at radius 2 is 0.879 bits per heavy atom. The molecule has 0 aliphatic carbocycles. The molecule has 0 aromatic heterocycles. The predicted molar refractivity (Wildman–Crippen MR) is 147 cm³/mol. The number of esters is 1. The molecule has 0 bridgehead atoms. The molecule has 198 valence electrons. The van der Waals surface area contributed by atoms with Crippen molar-refractivity contribution in [1.29, 1.82) is 0 Å². The first-order chi connectivity index (χ1) is 16.0. The molecule has 0 aliphatic heterocycles. The van der Waals surface area contributed by atoms with Gasteiger partial charge in [-0.25, -0.2) is 0 Å². The summed E-state index contributed by atoms with van der Waals surface area (Å²) in [6.07, 6.45) is 26.7. The summed E-state index contributed by atoms with van der Waals surface area (Å²) in [5.74, 6) is 1.90. The van der Waals surface area contributed by atoms with Crippen molar-refractivity contribution in [2.45, 2.75) is 169 Å². The summed E-state index contributed by atoms with van der Waals surface area (Å²) in [7, 11) is 0. The lowest BCUT2D eigenvalue weighted by molar-refractivity contribution is -0.149. The van der Waals surface area contributed by atoms with Gasteiger partial charge in [0.2, 0.25) is 0 Å². The fraction of sp³-hybridized carbons (Fsp3) is 0.968. The smallest absolute Gasteiger partial charge is 0.308 e. The zero-order chi connectivity index (χ0) is 24.6. The van der Waals surface area contributed by atoms with Gasteiger partial charge < -0.3 is 4.74 Å². The molecule has 1 atom stereocenters. The van der Waals surface area contributed by atoms with E-state index in [0.717, 1.165) is 31.1 Å². The molecule has 2 nitrogen and oxygen atoms in total. The van der Waals surface area contributed by atoms with E-state index in [1.54, 1.807) is 0 Å². The van der Waals surface area contributed by atoms with Crippen molar-refractivity contribution in [1.82, 2.24) is 0 Å². The molecule has 0 spiro atoms.